The Bertz CT molecular complexity index is 493. The summed E-state index contributed by atoms with van der Waals surface area (Å²) < 4.78 is 5.49. The normalized spacial score (nSPS) is 18.1. The fourth-order valence-corrected chi connectivity index (χ4v) is 2.11. The molecule has 0 bridgehead atoms. The minimum absolute atomic E-state index is 0.0668. The van der Waals surface area contributed by atoms with Crippen LogP contribution in [0.5, 0.6) is 5.88 Å². The Hall–Kier alpha value is -1.84. The van der Waals surface area contributed by atoms with Crippen LogP contribution < -0.4 is 4.74 Å². The standard InChI is InChI=1S/C11H14ClN3O3.C2H2/c1-15-4-2-3-7(15)6-18-9-5-8(12)13-10(14-9)11(16)17;1-2/h5,7H,2-4,6H2,1H3,(H,16,17);1-2H/t7-;/m0./s1. The molecule has 0 spiro atoms. The summed E-state index contributed by atoms with van der Waals surface area (Å²) >= 11 is 5.71. The Balaban J connectivity index is 0.000000956. The average molecular weight is 298 g/mol. The highest BCUT2D eigenvalue weighted by molar-refractivity contribution is 6.29. The molecule has 0 amide bonds. The second-order valence-corrected chi connectivity index (χ2v) is 4.63. The first-order valence-corrected chi connectivity index (χ1v) is 6.38. The zero-order valence-electron chi connectivity index (χ0n) is 11.1. The number of carbonyl (C=O) groups is 1. The minimum Gasteiger partial charge on any atom is -0.476 e. The van der Waals surface area contributed by atoms with E-state index in [1.165, 1.54) is 6.07 Å². The number of hydrogen-bond donors (Lipinski definition) is 1. The Morgan fingerprint density at radius 1 is 1.60 bits per heavy atom. The van der Waals surface area contributed by atoms with Gasteiger partial charge in [-0.25, -0.2) is 9.78 Å². The number of carboxylic acids is 1. The quantitative estimate of drug-likeness (QED) is 0.671. The summed E-state index contributed by atoms with van der Waals surface area (Å²) in [5, 5.41) is 8.87. The van der Waals surface area contributed by atoms with Crippen molar-refractivity contribution in [2.75, 3.05) is 20.2 Å². The van der Waals surface area contributed by atoms with Crippen molar-refractivity contribution in [3.05, 3.63) is 17.0 Å². The Kier molecular flexibility index (Phi) is 6.22. The topological polar surface area (TPSA) is 75.5 Å². The predicted octanol–water partition coefficient (Wildman–Crippen LogP) is 1.55. The van der Waals surface area contributed by atoms with E-state index in [0.717, 1.165) is 19.4 Å². The minimum atomic E-state index is -1.22. The molecule has 7 heteroatoms. The summed E-state index contributed by atoms with van der Waals surface area (Å²) in [6, 6.07) is 1.76. The fourth-order valence-electron chi connectivity index (χ4n) is 1.94. The Labute approximate surface area is 122 Å². The SMILES string of the molecule is C#C.CN1CCC[C@H]1COc1cc(Cl)nc(C(=O)O)n1. The molecule has 1 atom stereocenters. The highest BCUT2D eigenvalue weighted by Gasteiger charge is 2.21. The number of rotatable bonds is 4. The molecule has 108 valence electrons. The molecule has 1 aliphatic heterocycles. The molecule has 20 heavy (non-hydrogen) atoms. The first kappa shape index (κ1) is 16.2. The van der Waals surface area contributed by atoms with E-state index in [1.54, 1.807) is 0 Å². The van der Waals surface area contributed by atoms with Crippen LogP contribution in [-0.2, 0) is 0 Å². The van der Waals surface area contributed by atoms with Crippen molar-refractivity contribution in [2.24, 2.45) is 0 Å². The molecule has 6 nitrogen and oxygen atoms in total. The lowest BCUT2D eigenvalue weighted by Gasteiger charge is -2.19. The van der Waals surface area contributed by atoms with Crippen LogP contribution in [0.3, 0.4) is 0 Å². The molecule has 1 aliphatic rings. The first-order chi connectivity index (χ1) is 9.56. The summed E-state index contributed by atoms with van der Waals surface area (Å²) in [5.41, 5.74) is 0. The van der Waals surface area contributed by atoms with Gasteiger partial charge in [0.2, 0.25) is 11.7 Å². The summed E-state index contributed by atoms with van der Waals surface area (Å²) in [5.74, 6) is -1.37. The third-order valence-electron chi connectivity index (χ3n) is 2.96. The van der Waals surface area contributed by atoms with Crippen molar-refractivity contribution in [1.82, 2.24) is 14.9 Å². The summed E-state index contributed by atoms with van der Waals surface area (Å²) in [4.78, 5) is 20.4. The second-order valence-electron chi connectivity index (χ2n) is 4.25. The monoisotopic (exact) mass is 297 g/mol. The maximum Gasteiger partial charge on any atom is 0.374 e. The van der Waals surface area contributed by atoms with Gasteiger partial charge in [-0.1, -0.05) is 11.6 Å². The van der Waals surface area contributed by atoms with Crippen molar-refractivity contribution < 1.29 is 14.6 Å². The molecular weight excluding hydrogens is 282 g/mol. The first-order valence-electron chi connectivity index (χ1n) is 6.00. The maximum absolute atomic E-state index is 10.8. The van der Waals surface area contributed by atoms with Gasteiger partial charge in [-0.05, 0) is 26.4 Å². The summed E-state index contributed by atoms with van der Waals surface area (Å²) in [7, 11) is 2.04. The third kappa shape index (κ3) is 4.37. The zero-order valence-corrected chi connectivity index (χ0v) is 11.9. The number of halogens is 1. The van der Waals surface area contributed by atoms with Gasteiger partial charge >= 0.3 is 5.97 Å². The molecule has 2 heterocycles. The largest absolute Gasteiger partial charge is 0.476 e. The van der Waals surface area contributed by atoms with Gasteiger partial charge < -0.3 is 14.7 Å². The van der Waals surface area contributed by atoms with E-state index in [-0.39, 0.29) is 16.9 Å². The molecule has 1 aromatic heterocycles. The van der Waals surface area contributed by atoms with Gasteiger partial charge in [0.25, 0.3) is 0 Å². The van der Waals surface area contributed by atoms with E-state index >= 15 is 0 Å². The van der Waals surface area contributed by atoms with Gasteiger partial charge in [0, 0.05) is 12.1 Å². The van der Waals surface area contributed by atoms with Crippen LogP contribution >= 0.6 is 11.6 Å². The van der Waals surface area contributed by atoms with Gasteiger partial charge in [0.1, 0.15) is 11.8 Å². The van der Waals surface area contributed by atoms with E-state index in [0.29, 0.717) is 12.6 Å². The van der Waals surface area contributed by atoms with Crippen LogP contribution in [0.1, 0.15) is 23.5 Å². The van der Waals surface area contributed by atoms with E-state index in [9.17, 15) is 4.79 Å². The number of terminal acetylenes is 1. The molecule has 0 aliphatic carbocycles. The van der Waals surface area contributed by atoms with Crippen LogP contribution in [-0.4, -0.2) is 52.2 Å². The number of nitrogens with zero attached hydrogens (tertiary/aromatic N) is 3. The van der Waals surface area contributed by atoms with Crippen LogP contribution in [0.2, 0.25) is 5.15 Å². The van der Waals surface area contributed by atoms with Crippen LogP contribution in [0.4, 0.5) is 0 Å². The smallest absolute Gasteiger partial charge is 0.374 e. The van der Waals surface area contributed by atoms with E-state index in [4.69, 9.17) is 21.4 Å². The lowest BCUT2D eigenvalue weighted by Crippen LogP contribution is -2.30. The lowest BCUT2D eigenvalue weighted by molar-refractivity contribution is 0.0681. The molecule has 0 saturated carbocycles. The molecular formula is C13H16ClN3O3. The van der Waals surface area contributed by atoms with E-state index in [1.807, 2.05) is 7.05 Å². The van der Waals surface area contributed by atoms with Crippen molar-refractivity contribution in [3.63, 3.8) is 0 Å². The van der Waals surface area contributed by atoms with Crippen LogP contribution in [0.25, 0.3) is 0 Å². The van der Waals surface area contributed by atoms with Gasteiger partial charge in [0.05, 0.1) is 0 Å². The Morgan fingerprint density at radius 2 is 2.30 bits per heavy atom. The van der Waals surface area contributed by atoms with Crippen LogP contribution in [0.15, 0.2) is 6.07 Å². The third-order valence-corrected chi connectivity index (χ3v) is 3.15. The van der Waals surface area contributed by atoms with E-state index in [2.05, 4.69) is 27.7 Å². The van der Waals surface area contributed by atoms with Crippen molar-refractivity contribution in [2.45, 2.75) is 18.9 Å². The molecule has 0 radical (unpaired) electrons. The number of ether oxygens (including phenoxy) is 1. The number of hydrogen-bond acceptors (Lipinski definition) is 5. The molecule has 0 aromatic carbocycles. The molecule has 0 unspecified atom stereocenters. The number of likely N-dealkylation sites (N-methyl/N-ethyl adjacent to an activating group) is 1. The molecule has 1 aromatic rings. The van der Waals surface area contributed by atoms with Gasteiger partial charge in [0.15, 0.2) is 0 Å². The summed E-state index contributed by atoms with van der Waals surface area (Å²) in [6.07, 6.45) is 10.2. The van der Waals surface area contributed by atoms with Gasteiger partial charge in [-0.2, -0.15) is 4.98 Å². The molecule has 1 saturated heterocycles. The average Bonchev–Trinajstić information content (AvgIpc) is 2.83. The second kappa shape index (κ2) is 7.68. The Morgan fingerprint density at radius 3 is 2.85 bits per heavy atom. The highest BCUT2D eigenvalue weighted by atomic mass is 35.5. The lowest BCUT2D eigenvalue weighted by atomic mass is 10.2. The molecule has 1 N–H and O–H groups in total. The van der Waals surface area contributed by atoms with Gasteiger partial charge in [-0.3, -0.25) is 0 Å². The van der Waals surface area contributed by atoms with Crippen molar-refractivity contribution >= 4 is 17.6 Å². The maximum atomic E-state index is 10.8. The highest BCUT2D eigenvalue weighted by Crippen LogP contribution is 2.18. The van der Waals surface area contributed by atoms with Crippen molar-refractivity contribution in [3.8, 4) is 18.7 Å². The molecule has 2 rings (SSSR count). The van der Waals surface area contributed by atoms with Gasteiger partial charge in [-0.15, -0.1) is 12.8 Å². The number of carboxylic acid groups (broad SMARTS) is 1. The summed E-state index contributed by atoms with van der Waals surface area (Å²) in [6.45, 7) is 1.53. The number of aromatic carboxylic acids is 1. The fraction of sp³-hybridized carbons (Fsp3) is 0.462. The predicted molar refractivity (Wildman–Crippen MR) is 75.0 cm³/mol. The van der Waals surface area contributed by atoms with E-state index < -0.39 is 5.97 Å². The van der Waals surface area contributed by atoms with Crippen molar-refractivity contribution in [1.29, 1.82) is 0 Å². The number of aromatic nitrogens is 2. The number of likely N-dealkylation sites (tertiary alicyclic amines) is 1. The van der Waals surface area contributed by atoms with Crippen LogP contribution in [0, 0.1) is 12.8 Å². The zero-order chi connectivity index (χ0) is 15.1. The molecule has 1 fully saturated rings.